The van der Waals surface area contributed by atoms with E-state index >= 15 is 0 Å². The molecule has 0 heterocycles. The van der Waals surface area contributed by atoms with E-state index in [9.17, 15) is 18.0 Å². The molecule has 0 aromatic rings. The molecule has 0 fully saturated rings. The maximum absolute atomic E-state index is 11.6. The summed E-state index contributed by atoms with van der Waals surface area (Å²) in [4.78, 5) is 10.6. The van der Waals surface area contributed by atoms with E-state index in [0.717, 1.165) is 6.42 Å². The molecule has 0 amide bonds. The van der Waals surface area contributed by atoms with Crippen LogP contribution in [0.3, 0.4) is 0 Å². The molecule has 0 N–H and O–H groups in total. The lowest BCUT2D eigenvalue weighted by molar-refractivity contribution is -0.140. The molecule has 0 aliphatic heterocycles. The Bertz CT molecular complexity index is 158. The molecule has 0 spiro atoms. The van der Waals surface area contributed by atoms with Crippen molar-refractivity contribution in [2.24, 2.45) is 0 Å². The van der Waals surface area contributed by atoms with Gasteiger partial charge in [-0.3, -0.25) is 4.79 Å². The molecule has 0 aromatic heterocycles. The van der Waals surface area contributed by atoms with Gasteiger partial charge in [0.15, 0.2) is 0 Å². The highest BCUT2D eigenvalue weighted by Gasteiger charge is 2.29. The number of alkyl halides is 3. The van der Waals surface area contributed by atoms with E-state index in [-0.39, 0.29) is 18.4 Å². The van der Waals surface area contributed by atoms with Crippen LogP contribution in [0.25, 0.3) is 0 Å². The fourth-order valence-electron chi connectivity index (χ4n) is 0.513. The molecular formula is C7H11F3O2S. The van der Waals surface area contributed by atoms with Crippen molar-refractivity contribution in [3.8, 4) is 0 Å². The van der Waals surface area contributed by atoms with Gasteiger partial charge in [-0.15, -0.1) is 0 Å². The van der Waals surface area contributed by atoms with Gasteiger partial charge in [-0.2, -0.15) is 13.2 Å². The first kappa shape index (κ1) is 12.6. The van der Waals surface area contributed by atoms with Gasteiger partial charge in [0, 0.05) is 0 Å². The quantitative estimate of drug-likeness (QED) is 0.522. The lowest BCUT2D eigenvalue weighted by Crippen LogP contribution is -2.12. The first-order chi connectivity index (χ1) is 5.95. The Labute approximate surface area is 78.8 Å². The summed E-state index contributed by atoms with van der Waals surface area (Å²) in [5, 5.41) is 0. The van der Waals surface area contributed by atoms with Gasteiger partial charge in [0.1, 0.15) is 5.75 Å². The number of unbranched alkanes of at least 4 members (excludes halogenated alkanes) is 1. The number of hydrogen-bond donors (Lipinski definition) is 0. The number of carbonyl (C=O) groups is 1. The number of rotatable bonds is 5. The molecule has 6 heteroatoms. The van der Waals surface area contributed by atoms with Crippen LogP contribution in [0.5, 0.6) is 0 Å². The second kappa shape index (κ2) is 6.12. The SMILES string of the molecule is CCCCOC(=O)CSC(F)(F)F. The van der Waals surface area contributed by atoms with Crippen molar-refractivity contribution in [1.82, 2.24) is 0 Å². The van der Waals surface area contributed by atoms with Crippen molar-refractivity contribution >= 4 is 17.7 Å². The molecule has 0 bridgehead atoms. The minimum atomic E-state index is -4.36. The van der Waals surface area contributed by atoms with Crippen molar-refractivity contribution in [2.75, 3.05) is 12.4 Å². The van der Waals surface area contributed by atoms with Crippen molar-refractivity contribution in [2.45, 2.75) is 25.3 Å². The maximum Gasteiger partial charge on any atom is 0.442 e. The minimum absolute atomic E-state index is 0.202. The lowest BCUT2D eigenvalue weighted by atomic mass is 10.4. The average Bonchev–Trinajstić information content (AvgIpc) is 2.00. The summed E-state index contributed by atoms with van der Waals surface area (Å²) >= 11 is -0.375. The van der Waals surface area contributed by atoms with Gasteiger partial charge >= 0.3 is 11.5 Å². The third-order valence-electron chi connectivity index (χ3n) is 1.11. The van der Waals surface area contributed by atoms with E-state index in [1.807, 2.05) is 6.92 Å². The van der Waals surface area contributed by atoms with E-state index in [0.29, 0.717) is 6.42 Å². The molecule has 0 saturated carbocycles. The number of thioether (sulfide) groups is 1. The summed E-state index contributed by atoms with van der Waals surface area (Å²) in [5.41, 5.74) is -4.36. The Morgan fingerprint density at radius 1 is 1.46 bits per heavy atom. The summed E-state index contributed by atoms with van der Waals surface area (Å²) < 4.78 is 39.2. The van der Waals surface area contributed by atoms with Crippen LogP contribution in [0.2, 0.25) is 0 Å². The molecular weight excluding hydrogens is 205 g/mol. The van der Waals surface area contributed by atoms with Gasteiger partial charge in [-0.05, 0) is 18.2 Å². The van der Waals surface area contributed by atoms with Crippen molar-refractivity contribution in [3.05, 3.63) is 0 Å². The Morgan fingerprint density at radius 2 is 2.08 bits per heavy atom. The number of ether oxygens (including phenoxy) is 1. The molecule has 0 saturated heterocycles. The topological polar surface area (TPSA) is 26.3 Å². The number of hydrogen-bond acceptors (Lipinski definition) is 3. The summed E-state index contributed by atoms with van der Waals surface area (Å²) in [6.07, 6.45) is 1.53. The third-order valence-corrected chi connectivity index (χ3v) is 1.82. The number of carbonyl (C=O) groups excluding carboxylic acids is 1. The Hall–Kier alpha value is -0.390. The van der Waals surface area contributed by atoms with Gasteiger partial charge in [-0.1, -0.05) is 13.3 Å². The smallest absolute Gasteiger partial charge is 0.442 e. The first-order valence-electron chi connectivity index (χ1n) is 3.82. The Morgan fingerprint density at radius 3 is 2.54 bits per heavy atom. The van der Waals surface area contributed by atoms with Crippen LogP contribution in [-0.4, -0.2) is 23.8 Å². The second-order valence-corrected chi connectivity index (χ2v) is 3.35. The summed E-state index contributed by atoms with van der Waals surface area (Å²) in [5.74, 6) is -1.47. The summed E-state index contributed by atoms with van der Waals surface area (Å²) in [6, 6.07) is 0. The Balaban J connectivity index is 3.41. The minimum Gasteiger partial charge on any atom is -0.465 e. The highest BCUT2D eigenvalue weighted by Crippen LogP contribution is 2.29. The molecule has 0 aromatic carbocycles. The van der Waals surface area contributed by atoms with Gasteiger partial charge < -0.3 is 4.74 Å². The van der Waals surface area contributed by atoms with E-state index in [2.05, 4.69) is 4.74 Å². The molecule has 13 heavy (non-hydrogen) atoms. The largest absolute Gasteiger partial charge is 0.465 e. The third kappa shape index (κ3) is 9.52. The van der Waals surface area contributed by atoms with E-state index in [1.54, 1.807) is 0 Å². The van der Waals surface area contributed by atoms with Gasteiger partial charge in [0.05, 0.1) is 6.61 Å². The summed E-state index contributed by atoms with van der Waals surface area (Å²) in [7, 11) is 0. The molecule has 0 rings (SSSR count). The molecule has 0 aliphatic carbocycles. The molecule has 0 radical (unpaired) electrons. The fourth-order valence-corrected chi connectivity index (χ4v) is 0.878. The van der Waals surface area contributed by atoms with Gasteiger partial charge in [0.25, 0.3) is 0 Å². The van der Waals surface area contributed by atoms with Crippen LogP contribution in [-0.2, 0) is 9.53 Å². The highest BCUT2D eigenvalue weighted by molar-refractivity contribution is 8.00. The fraction of sp³-hybridized carbons (Fsp3) is 0.857. The van der Waals surface area contributed by atoms with E-state index < -0.39 is 17.2 Å². The number of halogens is 3. The van der Waals surface area contributed by atoms with Crippen LogP contribution >= 0.6 is 11.8 Å². The molecule has 0 atom stereocenters. The second-order valence-electron chi connectivity index (χ2n) is 2.31. The van der Waals surface area contributed by atoms with Crippen LogP contribution in [0.1, 0.15) is 19.8 Å². The molecule has 0 aliphatic rings. The first-order valence-corrected chi connectivity index (χ1v) is 4.80. The summed E-state index contributed by atoms with van der Waals surface area (Å²) in [6.45, 7) is 2.10. The monoisotopic (exact) mass is 216 g/mol. The zero-order valence-corrected chi connectivity index (χ0v) is 8.00. The highest BCUT2D eigenvalue weighted by atomic mass is 32.2. The maximum atomic E-state index is 11.6. The van der Waals surface area contributed by atoms with E-state index in [4.69, 9.17) is 0 Å². The molecule has 78 valence electrons. The van der Waals surface area contributed by atoms with Crippen LogP contribution in [0.4, 0.5) is 13.2 Å². The predicted octanol–water partition coefficient (Wildman–Crippen LogP) is 2.58. The van der Waals surface area contributed by atoms with Crippen molar-refractivity contribution in [1.29, 1.82) is 0 Å². The normalized spacial score (nSPS) is 11.4. The molecule has 2 nitrogen and oxygen atoms in total. The van der Waals surface area contributed by atoms with Gasteiger partial charge in [0.2, 0.25) is 0 Å². The average molecular weight is 216 g/mol. The van der Waals surface area contributed by atoms with Crippen LogP contribution in [0, 0.1) is 0 Å². The Kier molecular flexibility index (Phi) is 5.94. The molecule has 0 unspecified atom stereocenters. The van der Waals surface area contributed by atoms with Crippen LogP contribution in [0.15, 0.2) is 0 Å². The lowest BCUT2D eigenvalue weighted by Gasteiger charge is -2.05. The zero-order chi connectivity index (χ0) is 10.3. The zero-order valence-electron chi connectivity index (χ0n) is 7.19. The predicted molar refractivity (Wildman–Crippen MR) is 44.4 cm³/mol. The van der Waals surface area contributed by atoms with Crippen molar-refractivity contribution in [3.63, 3.8) is 0 Å². The van der Waals surface area contributed by atoms with Crippen molar-refractivity contribution < 1.29 is 22.7 Å². The standard InChI is InChI=1S/C7H11F3O2S/c1-2-3-4-12-6(11)5-13-7(8,9)10/h2-5H2,1H3. The van der Waals surface area contributed by atoms with Gasteiger partial charge in [-0.25, -0.2) is 0 Å². The number of esters is 1. The van der Waals surface area contributed by atoms with E-state index in [1.165, 1.54) is 0 Å². The van der Waals surface area contributed by atoms with Crippen LogP contribution < -0.4 is 0 Å².